The van der Waals surface area contributed by atoms with Crippen LogP contribution in [-0.2, 0) is 4.79 Å². The lowest BCUT2D eigenvalue weighted by atomic mass is 10.1. The van der Waals surface area contributed by atoms with Gasteiger partial charge < -0.3 is 16.0 Å². The Morgan fingerprint density at radius 3 is 2.71 bits per heavy atom. The van der Waals surface area contributed by atoms with E-state index in [2.05, 4.69) is 5.32 Å². The second-order valence-corrected chi connectivity index (χ2v) is 3.65. The number of nitrogen functional groups attached to an aromatic ring is 1. The molecule has 0 aliphatic heterocycles. The average molecular weight is 243 g/mol. The molecule has 0 heterocycles. The number of carbonyl (C=O) groups is 1. The van der Waals surface area contributed by atoms with Gasteiger partial charge in [0.05, 0.1) is 6.54 Å². The van der Waals surface area contributed by atoms with Crippen LogP contribution in [0.2, 0.25) is 0 Å². The quantitative estimate of drug-likeness (QED) is 0.786. The normalized spacial score (nSPS) is 10.4. The van der Waals surface area contributed by atoms with Gasteiger partial charge in [-0.15, -0.1) is 0 Å². The smallest absolute Gasteiger partial charge is 0.265 e. The first-order valence-corrected chi connectivity index (χ1v) is 5.05. The van der Waals surface area contributed by atoms with Crippen LogP contribution in [0.4, 0.5) is 20.2 Å². The van der Waals surface area contributed by atoms with Crippen molar-refractivity contribution < 1.29 is 13.6 Å². The van der Waals surface area contributed by atoms with E-state index in [0.29, 0.717) is 5.69 Å². The van der Waals surface area contributed by atoms with Crippen LogP contribution in [0.25, 0.3) is 0 Å². The van der Waals surface area contributed by atoms with Gasteiger partial charge in [-0.25, -0.2) is 8.78 Å². The van der Waals surface area contributed by atoms with Crippen LogP contribution in [0.3, 0.4) is 0 Å². The maximum Gasteiger partial charge on any atom is 0.265 e. The zero-order chi connectivity index (χ0) is 13.0. The highest BCUT2D eigenvalue weighted by molar-refractivity contribution is 5.81. The number of nitrogens with zero attached hydrogens (tertiary/aromatic N) is 1. The molecule has 0 aromatic heterocycles. The van der Waals surface area contributed by atoms with E-state index < -0.39 is 6.43 Å². The summed E-state index contributed by atoms with van der Waals surface area (Å²) in [6, 6.07) is 4.24. The Labute approximate surface area is 98.4 Å². The van der Waals surface area contributed by atoms with Gasteiger partial charge in [0.2, 0.25) is 5.91 Å². The van der Waals surface area contributed by atoms with E-state index in [1.807, 2.05) is 0 Å². The van der Waals surface area contributed by atoms with Crippen LogP contribution in [0.1, 0.15) is 12.0 Å². The number of nitrogens with two attached hydrogens (primary N) is 1. The highest BCUT2D eigenvalue weighted by atomic mass is 19.3. The van der Waals surface area contributed by atoms with Gasteiger partial charge in [-0.2, -0.15) is 0 Å². The second kappa shape index (κ2) is 5.47. The Hall–Kier alpha value is -1.85. The zero-order valence-electron chi connectivity index (χ0n) is 9.71. The molecule has 0 unspecified atom stereocenters. The molecule has 0 fully saturated rings. The Kier molecular flexibility index (Phi) is 4.25. The van der Waals surface area contributed by atoms with E-state index in [1.165, 1.54) is 30.1 Å². The Morgan fingerprint density at radius 2 is 2.18 bits per heavy atom. The number of hydrogen-bond acceptors (Lipinski definition) is 3. The van der Waals surface area contributed by atoms with Gasteiger partial charge in [-0.3, -0.25) is 4.79 Å². The highest BCUT2D eigenvalue weighted by Crippen LogP contribution is 2.30. The van der Waals surface area contributed by atoms with Crippen molar-refractivity contribution in [2.24, 2.45) is 0 Å². The molecule has 4 nitrogen and oxygen atoms in total. The average Bonchev–Trinajstić information content (AvgIpc) is 2.28. The van der Waals surface area contributed by atoms with Crippen LogP contribution < -0.4 is 16.0 Å². The number of benzene rings is 1. The molecular formula is C11H15F2N3O. The fourth-order valence-corrected chi connectivity index (χ4v) is 1.48. The first-order chi connectivity index (χ1) is 7.95. The molecule has 0 aliphatic rings. The summed E-state index contributed by atoms with van der Waals surface area (Å²) in [5, 5.41) is 2.43. The number of anilines is 2. The van der Waals surface area contributed by atoms with Crippen molar-refractivity contribution in [1.82, 2.24) is 5.32 Å². The maximum atomic E-state index is 12.8. The highest BCUT2D eigenvalue weighted by Gasteiger charge is 2.17. The summed E-state index contributed by atoms with van der Waals surface area (Å²) < 4.78 is 25.6. The predicted molar refractivity (Wildman–Crippen MR) is 63.1 cm³/mol. The molecule has 0 aliphatic carbocycles. The molecule has 0 bridgehead atoms. The molecular weight excluding hydrogens is 228 g/mol. The monoisotopic (exact) mass is 243 g/mol. The molecule has 0 saturated heterocycles. The van der Waals surface area contributed by atoms with Crippen LogP contribution in [0.15, 0.2) is 18.2 Å². The summed E-state index contributed by atoms with van der Waals surface area (Å²) in [4.78, 5) is 12.6. The van der Waals surface area contributed by atoms with Crippen molar-refractivity contribution in [2.45, 2.75) is 6.43 Å². The van der Waals surface area contributed by atoms with Gasteiger partial charge >= 0.3 is 0 Å². The maximum absolute atomic E-state index is 12.8. The van der Waals surface area contributed by atoms with Crippen molar-refractivity contribution in [2.75, 3.05) is 31.3 Å². The molecule has 1 aromatic rings. The molecule has 1 amide bonds. The molecule has 0 spiro atoms. The van der Waals surface area contributed by atoms with E-state index in [1.54, 1.807) is 7.05 Å². The minimum absolute atomic E-state index is 0.0140. The molecule has 0 radical (unpaired) electrons. The predicted octanol–water partition coefficient (Wildman–Crippen LogP) is 1.39. The lowest BCUT2D eigenvalue weighted by Gasteiger charge is -2.21. The van der Waals surface area contributed by atoms with E-state index in [4.69, 9.17) is 5.73 Å². The number of alkyl halides is 2. The van der Waals surface area contributed by atoms with E-state index >= 15 is 0 Å². The minimum atomic E-state index is -2.62. The topological polar surface area (TPSA) is 58.4 Å². The van der Waals surface area contributed by atoms with Crippen molar-refractivity contribution in [3.05, 3.63) is 23.8 Å². The van der Waals surface area contributed by atoms with Crippen molar-refractivity contribution in [3.8, 4) is 0 Å². The van der Waals surface area contributed by atoms with Crippen LogP contribution in [-0.4, -0.2) is 26.5 Å². The van der Waals surface area contributed by atoms with Gasteiger partial charge in [0.1, 0.15) is 0 Å². The standard InChI is InChI=1S/C11H15F2N3O/c1-15-10(17)6-16(2)9-4-3-7(14)5-8(9)11(12)13/h3-5,11H,6,14H2,1-2H3,(H,15,17). The summed E-state index contributed by atoms with van der Waals surface area (Å²) in [5.74, 6) is -0.246. The zero-order valence-corrected chi connectivity index (χ0v) is 9.71. The lowest BCUT2D eigenvalue weighted by molar-refractivity contribution is -0.119. The van der Waals surface area contributed by atoms with Gasteiger partial charge in [-0.1, -0.05) is 0 Å². The summed E-state index contributed by atoms with van der Waals surface area (Å²) in [6.45, 7) is 0.0140. The fourth-order valence-electron chi connectivity index (χ4n) is 1.48. The third kappa shape index (κ3) is 3.30. The van der Waals surface area contributed by atoms with Crippen molar-refractivity contribution in [1.29, 1.82) is 0 Å². The first kappa shape index (κ1) is 13.2. The Bertz CT molecular complexity index is 410. The Morgan fingerprint density at radius 1 is 1.53 bits per heavy atom. The number of nitrogens with one attached hydrogen (secondary N) is 1. The molecule has 0 atom stereocenters. The van der Waals surface area contributed by atoms with Crippen LogP contribution in [0.5, 0.6) is 0 Å². The number of likely N-dealkylation sites (N-methyl/N-ethyl adjacent to an activating group) is 2. The largest absolute Gasteiger partial charge is 0.399 e. The van der Waals surface area contributed by atoms with Crippen LogP contribution in [0, 0.1) is 0 Å². The van der Waals surface area contributed by atoms with Gasteiger partial charge in [0.15, 0.2) is 0 Å². The van der Waals surface area contributed by atoms with Crippen molar-refractivity contribution in [3.63, 3.8) is 0 Å². The molecule has 3 N–H and O–H groups in total. The van der Waals surface area contributed by atoms with Gasteiger partial charge in [-0.05, 0) is 18.2 Å². The van der Waals surface area contributed by atoms with Crippen LogP contribution >= 0.6 is 0 Å². The summed E-state index contributed by atoms with van der Waals surface area (Å²) >= 11 is 0. The van der Waals surface area contributed by atoms with Gasteiger partial charge in [0.25, 0.3) is 6.43 Å². The van der Waals surface area contributed by atoms with Gasteiger partial charge in [0, 0.05) is 31.0 Å². The van der Waals surface area contributed by atoms with E-state index in [9.17, 15) is 13.6 Å². The number of halogens is 2. The number of hydrogen-bond donors (Lipinski definition) is 2. The lowest BCUT2D eigenvalue weighted by Crippen LogP contribution is -2.33. The molecule has 1 rings (SSSR count). The fraction of sp³-hybridized carbons (Fsp3) is 0.364. The molecule has 17 heavy (non-hydrogen) atoms. The second-order valence-electron chi connectivity index (χ2n) is 3.65. The Balaban J connectivity index is 3.00. The van der Waals surface area contributed by atoms with Crippen molar-refractivity contribution >= 4 is 17.3 Å². The summed E-state index contributed by atoms with van der Waals surface area (Å²) in [7, 11) is 3.07. The molecule has 94 valence electrons. The SMILES string of the molecule is CNC(=O)CN(C)c1ccc(N)cc1C(F)F. The van der Waals surface area contributed by atoms with E-state index in [0.717, 1.165) is 0 Å². The summed E-state index contributed by atoms with van der Waals surface area (Å²) in [5.41, 5.74) is 5.87. The minimum Gasteiger partial charge on any atom is -0.399 e. The molecule has 0 saturated carbocycles. The van der Waals surface area contributed by atoms with E-state index in [-0.39, 0.29) is 23.7 Å². The number of rotatable bonds is 4. The first-order valence-electron chi connectivity index (χ1n) is 5.05. The number of amides is 1. The molecule has 1 aromatic carbocycles. The third-order valence-electron chi connectivity index (χ3n) is 2.36. The summed E-state index contributed by atoms with van der Waals surface area (Å²) in [6.07, 6.45) is -2.62. The molecule has 6 heteroatoms. The third-order valence-corrected chi connectivity index (χ3v) is 2.36. The number of carbonyl (C=O) groups excluding carboxylic acids is 1.